The van der Waals surface area contributed by atoms with Crippen LogP contribution in [0.1, 0.15) is 45.7 Å². The first-order valence-electron chi connectivity index (χ1n) is 10.4. The third-order valence-electron chi connectivity index (χ3n) is 5.88. The Balaban J connectivity index is 1.62. The average Bonchev–Trinajstić information content (AvgIpc) is 3.35. The molecular formula is C26H22ClN3O. The van der Waals surface area contributed by atoms with Gasteiger partial charge in [0.25, 0.3) is 5.91 Å². The minimum Gasteiger partial charge on any atom is -0.322 e. The zero-order valence-electron chi connectivity index (χ0n) is 17.2. The summed E-state index contributed by atoms with van der Waals surface area (Å²) in [5, 5.41) is 8.23. The number of nitrogens with zero attached hydrogens (tertiary/aromatic N) is 2. The van der Waals surface area contributed by atoms with Crippen LogP contribution in [0.5, 0.6) is 0 Å². The SMILES string of the molecule is CCc1ccc(C2c3c(-c4ccccc4)n[nH]c3C(=O)N2Cc2ccc(Cl)cc2)cc1. The molecule has 5 heteroatoms. The Labute approximate surface area is 186 Å². The molecular weight excluding hydrogens is 406 g/mol. The van der Waals surface area contributed by atoms with Crippen LogP contribution in [-0.4, -0.2) is 21.0 Å². The molecule has 4 aromatic rings. The fourth-order valence-electron chi connectivity index (χ4n) is 4.24. The monoisotopic (exact) mass is 427 g/mol. The van der Waals surface area contributed by atoms with Gasteiger partial charge in [-0.2, -0.15) is 5.10 Å². The minimum atomic E-state index is -0.210. The number of amides is 1. The Hall–Kier alpha value is -3.37. The summed E-state index contributed by atoms with van der Waals surface area (Å²) in [4.78, 5) is 15.4. The van der Waals surface area contributed by atoms with Crippen LogP contribution in [0.25, 0.3) is 11.3 Å². The Morgan fingerprint density at radius 3 is 2.29 bits per heavy atom. The summed E-state index contributed by atoms with van der Waals surface area (Å²) in [5.41, 5.74) is 6.72. The largest absolute Gasteiger partial charge is 0.322 e. The van der Waals surface area contributed by atoms with Crippen LogP contribution in [0, 0.1) is 0 Å². The van der Waals surface area contributed by atoms with E-state index in [1.54, 1.807) is 0 Å². The second kappa shape index (κ2) is 8.05. The van der Waals surface area contributed by atoms with Gasteiger partial charge >= 0.3 is 0 Å². The van der Waals surface area contributed by atoms with Gasteiger partial charge in [-0.05, 0) is 35.2 Å². The summed E-state index contributed by atoms with van der Waals surface area (Å²) in [5.74, 6) is -0.0378. The second-order valence-electron chi connectivity index (χ2n) is 7.78. The molecule has 0 saturated carbocycles. The maximum absolute atomic E-state index is 13.4. The summed E-state index contributed by atoms with van der Waals surface area (Å²) in [6.07, 6.45) is 0.977. The van der Waals surface area contributed by atoms with Crippen molar-refractivity contribution in [3.63, 3.8) is 0 Å². The quantitative estimate of drug-likeness (QED) is 0.422. The zero-order chi connectivity index (χ0) is 21.4. The van der Waals surface area contributed by atoms with Gasteiger partial charge in [-0.3, -0.25) is 9.89 Å². The highest BCUT2D eigenvalue weighted by atomic mass is 35.5. The van der Waals surface area contributed by atoms with Gasteiger partial charge in [-0.15, -0.1) is 0 Å². The molecule has 1 N–H and O–H groups in total. The van der Waals surface area contributed by atoms with E-state index in [-0.39, 0.29) is 11.9 Å². The molecule has 0 saturated heterocycles. The van der Waals surface area contributed by atoms with Crippen molar-refractivity contribution in [2.24, 2.45) is 0 Å². The average molecular weight is 428 g/mol. The fourth-order valence-corrected chi connectivity index (χ4v) is 4.37. The molecule has 31 heavy (non-hydrogen) atoms. The van der Waals surface area contributed by atoms with E-state index in [2.05, 4.69) is 41.4 Å². The number of hydrogen-bond donors (Lipinski definition) is 1. The summed E-state index contributed by atoms with van der Waals surface area (Å²) in [6.45, 7) is 2.63. The molecule has 1 aliphatic rings. The second-order valence-corrected chi connectivity index (χ2v) is 8.22. The summed E-state index contributed by atoms with van der Waals surface area (Å²) < 4.78 is 0. The maximum atomic E-state index is 13.4. The van der Waals surface area contributed by atoms with E-state index >= 15 is 0 Å². The molecule has 154 valence electrons. The Bertz CT molecular complexity index is 1210. The molecule has 1 unspecified atom stereocenters. The molecule has 2 heterocycles. The van der Waals surface area contributed by atoms with Crippen molar-refractivity contribution in [2.75, 3.05) is 0 Å². The zero-order valence-corrected chi connectivity index (χ0v) is 17.9. The fraction of sp³-hybridized carbons (Fsp3) is 0.154. The number of aromatic nitrogens is 2. The van der Waals surface area contributed by atoms with E-state index in [1.807, 2.05) is 59.5 Å². The number of nitrogens with one attached hydrogen (secondary N) is 1. The van der Waals surface area contributed by atoms with Gasteiger partial charge in [0.1, 0.15) is 5.69 Å². The van der Waals surface area contributed by atoms with Gasteiger partial charge < -0.3 is 4.90 Å². The van der Waals surface area contributed by atoms with Gasteiger partial charge in [0.2, 0.25) is 0 Å². The number of carbonyl (C=O) groups is 1. The molecule has 3 aromatic carbocycles. The lowest BCUT2D eigenvalue weighted by atomic mass is 9.95. The number of hydrogen-bond acceptors (Lipinski definition) is 2. The molecule has 1 aliphatic heterocycles. The first kappa shape index (κ1) is 19.6. The summed E-state index contributed by atoms with van der Waals surface area (Å²) >= 11 is 6.06. The van der Waals surface area contributed by atoms with Gasteiger partial charge in [-0.25, -0.2) is 0 Å². The minimum absolute atomic E-state index is 0.0378. The van der Waals surface area contributed by atoms with Crippen molar-refractivity contribution in [2.45, 2.75) is 25.9 Å². The number of H-pyrrole nitrogens is 1. The highest BCUT2D eigenvalue weighted by molar-refractivity contribution is 6.30. The third-order valence-corrected chi connectivity index (χ3v) is 6.13. The predicted octanol–water partition coefficient (Wildman–Crippen LogP) is 6.04. The van der Waals surface area contributed by atoms with Crippen molar-refractivity contribution < 1.29 is 4.79 Å². The lowest BCUT2D eigenvalue weighted by Gasteiger charge is -2.26. The van der Waals surface area contributed by atoms with Gasteiger partial charge in [0, 0.05) is 22.7 Å². The molecule has 5 rings (SSSR count). The smallest absolute Gasteiger partial charge is 0.273 e. The molecule has 0 aliphatic carbocycles. The van der Waals surface area contributed by atoms with E-state index in [4.69, 9.17) is 11.6 Å². The van der Waals surface area contributed by atoms with Crippen LogP contribution < -0.4 is 0 Å². The van der Waals surface area contributed by atoms with Crippen molar-refractivity contribution in [3.8, 4) is 11.3 Å². The van der Waals surface area contributed by atoms with Crippen molar-refractivity contribution in [1.82, 2.24) is 15.1 Å². The number of fused-ring (bicyclic) bond motifs is 1. The van der Waals surface area contributed by atoms with Crippen molar-refractivity contribution in [1.29, 1.82) is 0 Å². The Morgan fingerprint density at radius 2 is 1.61 bits per heavy atom. The molecule has 1 amide bonds. The number of benzene rings is 3. The van der Waals surface area contributed by atoms with E-state index in [0.29, 0.717) is 17.3 Å². The Morgan fingerprint density at radius 1 is 0.935 bits per heavy atom. The van der Waals surface area contributed by atoms with Crippen molar-refractivity contribution >= 4 is 17.5 Å². The van der Waals surface area contributed by atoms with E-state index in [9.17, 15) is 4.79 Å². The highest BCUT2D eigenvalue weighted by Crippen LogP contribution is 2.43. The number of rotatable bonds is 5. The van der Waals surface area contributed by atoms with Crippen LogP contribution in [0.3, 0.4) is 0 Å². The van der Waals surface area contributed by atoms with E-state index < -0.39 is 0 Å². The number of aryl methyl sites for hydroxylation is 1. The first-order valence-corrected chi connectivity index (χ1v) is 10.8. The normalized spacial score (nSPS) is 15.4. The van der Waals surface area contributed by atoms with Gasteiger partial charge in [0.15, 0.2) is 0 Å². The standard InChI is InChI=1S/C26H22ClN3O/c1-2-17-8-12-20(13-9-17)25-22-23(19-6-4-3-5-7-19)28-29-24(22)26(31)30(25)16-18-10-14-21(27)15-11-18/h3-15,25H,2,16H2,1H3,(H,28,29). The van der Waals surface area contributed by atoms with Crippen LogP contribution in [0.4, 0.5) is 0 Å². The van der Waals surface area contributed by atoms with Crippen LogP contribution in [0.2, 0.25) is 5.02 Å². The predicted molar refractivity (Wildman–Crippen MR) is 123 cm³/mol. The molecule has 0 bridgehead atoms. The molecule has 0 fully saturated rings. The van der Waals surface area contributed by atoms with Crippen LogP contribution in [-0.2, 0) is 13.0 Å². The summed E-state index contributed by atoms with van der Waals surface area (Å²) in [6, 6.07) is 26.0. The van der Waals surface area contributed by atoms with Crippen LogP contribution >= 0.6 is 11.6 Å². The van der Waals surface area contributed by atoms with Crippen molar-refractivity contribution in [3.05, 3.63) is 112 Å². The van der Waals surface area contributed by atoms with Crippen LogP contribution in [0.15, 0.2) is 78.9 Å². The van der Waals surface area contributed by atoms with Gasteiger partial charge in [-0.1, -0.05) is 85.3 Å². The number of carbonyl (C=O) groups excluding carboxylic acids is 1. The Kier molecular flexibility index (Phi) is 5.08. The highest BCUT2D eigenvalue weighted by Gasteiger charge is 2.42. The molecule has 0 radical (unpaired) electrons. The lowest BCUT2D eigenvalue weighted by molar-refractivity contribution is 0.0730. The maximum Gasteiger partial charge on any atom is 0.273 e. The number of halogens is 1. The molecule has 1 atom stereocenters. The molecule has 0 spiro atoms. The molecule has 1 aromatic heterocycles. The van der Waals surface area contributed by atoms with E-state index in [0.717, 1.165) is 34.4 Å². The topological polar surface area (TPSA) is 49.0 Å². The summed E-state index contributed by atoms with van der Waals surface area (Å²) in [7, 11) is 0. The number of aromatic amines is 1. The van der Waals surface area contributed by atoms with Gasteiger partial charge in [0.05, 0.1) is 11.7 Å². The lowest BCUT2D eigenvalue weighted by Crippen LogP contribution is -2.29. The van der Waals surface area contributed by atoms with E-state index in [1.165, 1.54) is 5.56 Å². The first-order chi connectivity index (χ1) is 15.2. The molecule has 4 nitrogen and oxygen atoms in total. The third kappa shape index (κ3) is 3.53.